The first-order chi connectivity index (χ1) is 25.7. The number of hydrogen-bond donors (Lipinski definition) is 1. The summed E-state index contributed by atoms with van der Waals surface area (Å²) in [5, 5.41) is 9.12. The second-order valence-corrected chi connectivity index (χ2v) is 14.1. The summed E-state index contributed by atoms with van der Waals surface area (Å²) in [6, 6.07) is 52.8. The van der Waals surface area contributed by atoms with E-state index in [9.17, 15) is 0 Å². The minimum atomic E-state index is -0.331. The van der Waals surface area contributed by atoms with E-state index in [-0.39, 0.29) is 6.17 Å². The number of amidine groups is 2. The standard InChI is InChI=1S/C49H37N3/c1-4-12-32(13-5-1)35-22-26-38(27-23-35)47-50-48(42-29-40(33-14-6-2-7-15-33)28-41(30-42)34-16-8-3-9-17-34)52-49(51-47)44-31-39-20-10-18-36-24-25-37-19-11-21-43(44)46(37)45(36)39/h1-16,18-23,26-31,34,49H,17,24-25H2,(H,50,51,52). The topological polar surface area (TPSA) is 36.8 Å². The van der Waals surface area contributed by atoms with Gasteiger partial charge in [0.15, 0.2) is 5.84 Å². The van der Waals surface area contributed by atoms with Crippen LogP contribution in [0, 0.1) is 0 Å². The molecule has 0 aromatic heterocycles. The molecule has 3 nitrogen and oxygen atoms in total. The van der Waals surface area contributed by atoms with Crippen molar-refractivity contribution in [3.05, 3.63) is 203 Å². The lowest BCUT2D eigenvalue weighted by Crippen LogP contribution is -2.33. The lowest BCUT2D eigenvalue weighted by molar-refractivity contribution is 0.680. The van der Waals surface area contributed by atoms with Crippen LogP contribution in [0.1, 0.15) is 51.9 Å². The molecule has 2 atom stereocenters. The Bertz CT molecular complexity index is 2610. The highest BCUT2D eigenvalue weighted by atomic mass is 15.2. The number of hydrogen-bond acceptors (Lipinski definition) is 3. The fourth-order valence-electron chi connectivity index (χ4n) is 8.29. The maximum atomic E-state index is 5.50. The van der Waals surface area contributed by atoms with Crippen molar-refractivity contribution in [2.45, 2.75) is 31.3 Å². The highest BCUT2D eigenvalue weighted by Crippen LogP contribution is 2.40. The third-order valence-electron chi connectivity index (χ3n) is 10.9. The van der Waals surface area contributed by atoms with E-state index >= 15 is 0 Å². The smallest absolute Gasteiger partial charge is 0.159 e. The highest BCUT2D eigenvalue weighted by molar-refractivity contribution is 6.16. The van der Waals surface area contributed by atoms with E-state index in [1.165, 1.54) is 66.1 Å². The molecule has 0 radical (unpaired) electrons. The van der Waals surface area contributed by atoms with Gasteiger partial charge in [-0.25, -0.2) is 9.98 Å². The van der Waals surface area contributed by atoms with Crippen LogP contribution in [0.4, 0.5) is 0 Å². The van der Waals surface area contributed by atoms with Gasteiger partial charge in [0.1, 0.15) is 12.0 Å². The van der Waals surface area contributed by atoms with Crippen molar-refractivity contribution in [3.63, 3.8) is 0 Å². The van der Waals surface area contributed by atoms with Gasteiger partial charge in [0.25, 0.3) is 0 Å². The third-order valence-corrected chi connectivity index (χ3v) is 10.9. The molecule has 10 rings (SSSR count). The Morgan fingerprint density at radius 1 is 0.538 bits per heavy atom. The summed E-state index contributed by atoms with van der Waals surface area (Å²) >= 11 is 0. The summed E-state index contributed by atoms with van der Waals surface area (Å²) in [4.78, 5) is 10.8. The van der Waals surface area contributed by atoms with Gasteiger partial charge in [-0.15, -0.1) is 0 Å². The van der Waals surface area contributed by atoms with Crippen molar-refractivity contribution in [2.24, 2.45) is 9.98 Å². The Morgan fingerprint density at radius 2 is 1.21 bits per heavy atom. The number of aliphatic imine (C=N–C) groups is 2. The van der Waals surface area contributed by atoms with E-state index in [0.717, 1.165) is 42.1 Å². The quantitative estimate of drug-likeness (QED) is 0.176. The molecule has 7 aromatic rings. The van der Waals surface area contributed by atoms with E-state index in [2.05, 4.69) is 175 Å². The maximum absolute atomic E-state index is 5.50. The van der Waals surface area contributed by atoms with Gasteiger partial charge in [0, 0.05) is 22.6 Å². The zero-order valence-electron chi connectivity index (χ0n) is 28.8. The molecule has 0 saturated heterocycles. The molecule has 2 unspecified atom stereocenters. The second kappa shape index (κ2) is 12.8. The third kappa shape index (κ3) is 5.46. The van der Waals surface area contributed by atoms with Crippen molar-refractivity contribution in [2.75, 3.05) is 0 Å². The van der Waals surface area contributed by atoms with Crippen LogP contribution in [-0.4, -0.2) is 11.7 Å². The van der Waals surface area contributed by atoms with Gasteiger partial charge in [-0.2, -0.15) is 0 Å². The van der Waals surface area contributed by atoms with Crippen LogP contribution in [0.2, 0.25) is 0 Å². The van der Waals surface area contributed by atoms with Crippen LogP contribution in [0.3, 0.4) is 0 Å². The van der Waals surface area contributed by atoms with Crippen LogP contribution < -0.4 is 5.32 Å². The number of nitrogens with one attached hydrogen (secondary N) is 1. The van der Waals surface area contributed by atoms with Gasteiger partial charge in [-0.3, -0.25) is 0 Å². The molecular formula is C49H37N3. The lowest BCUT2D eigenvalue weighted by atomic mass is 9.84. The predicted molar refractivity (Wildman–Crippen MR) is 217 cm³/mol. The Balaban J connectivity index is 1.16. The molecule has 3 heteroatoms. The average molecular weight is 668 g/mol. The molecule has 0 spiro atoms. The Morgan fingerprint density at radius 3 is 1.96 bits per heavy atom. The van der Waals surface area contributed by atoms with E-state index in [0.29, 0.717) is 5.92 Å². The first-order valence-corrected chi connectivity index (χ1v) is 18.3. The molecule has 7 aromatic carbocycles. The number of allylic oxidation sites excluding steroid dienone is 4. The summed E-state index contributed by atoms with van der Waals surface area (Å²) in [7, 11) is 0. The Kier molecular flexibility index (Phi) is 7.49. The molecule has 52 heavy (non-hydrogen) atoms. The number of rotatable bonds is 6. The first-order valence-electron chi connectivity index (χ1n) is 18.3. The van der Waals surface area contributed by atoms with Crippen LogP contribution >= 0.6 is 0 Å². The minimum Gasteiger partial charge on any atom is -0.344 e. The molecule has 248 valence electrons. The summed E-state index contributed by atoms with van der Waals surface area (Å²) < 4.78 is 0. The summed E-state index contributed by atoms with van der Waals surface area (Å²) in [6.07, 6.45) is 11.6. The maximum Gasteiger partial charge on any atom is 0.159 e. The Labute approximate surface area is 304 Å². The monoisotopic (exact) mass is 667 g/mol. The molecule has 3 aliphatic rings. The largest absolute Gasteiger partial charge is 0.344 e. The minimum absolute atomic E-state index is 0.294. The molecule has 1 heterocycles. The summed E-state index contributed by atoms with van der Waals surface area (Å²) in [6.45, 7) is 0. The van der Waals surface area contributed by atoms with Crippen LogP contribution in [0.5, 0.6) is 0 Å². The molecule has 1 N–H and O–H groups in total. The summed E-state index contributed by atoms with van der Waals surface area (Å²) in [5.41, 5.74) is 12.1. The zero-order chi connectivity index (χ0) is 34.4. The van der Waals surface area contributed by atoms with E-state index in [4.69, 9.17) is 9.98 Å². The van der Waals surface area contributed by atoms with E-state index in [1.54, 1.807) is 0 Å². The van der Waals surface area contributed by atoms with Crippen LogP contribution in [0.15, 0.2) is 180 Å². The lowest BCUT2D eigenvalue weighted by Gasteiger charge is -2.27. The number of aryl methyl sites for hydroxylation is 2. The fraction of sp³-hybridized carbons (Fsp3) is 0.102. The van der Waals surface area contributed by atoms with Crippen molar-refractivity contribution < 1.29 is 0 Å². The van der Waals surface area contributed by atoms with Crippen molar-refractivity contribution in [1.29, 1.82) is 0 Å². The van der Waals surface area contributed by atoms with Crippen LogP contribution in [0.25, 0.3) is 43.8 Å². The fourth-order valence-corrected chi connectivity index (χ4v) is 8.29. The van der Waals surface area contributed by atoms with Gasteiger partial charge < -0.3 is 5.32 Å². The van der Waals surface area contributed by atoms with Gasteiger partial charge in [-0.05, 0) is 98.0 Å². The van der Waals surface area contributed by atoms with E-state index in [1.807, 2.05) is 0 Å². The zero-order valence-corrected chi connectivity index (χ0v) is 28.8. The first kappa shape index (κ1) is 30.5. The van der Waals surface area contributed by atoms with Crippen molar-refractivity contribution in [1.82, 2.24) is 5.32 Å². The Hall–Kier alpha value is -6.32. The molecule has 2 aliphatic carbocycles. The predicted octanol–water partition coefficient (Wildman–Crippen LogP) is 11.5. The highest BCUT2D eigenvalue weighted by Gasteiger charge is 2.26. The van der Waals surface area contributed by atoms with E-state index < -0.39 is 0 Å². The van der Waals surface area contributed by atoms with Crippen molar-refractivity contribution in [3.8, 4) is 22.3 Å². The number of nitrogens with zero attached hydrogens (tertiary/aromatic N) is 2. The normalized spacial score (nSPS) is 17.6. The van der Waals surface area contributed by atoms with Gasteiger partial charge in [0.2, 0.25) is 0 Å². The van der Waals surface area contributed by atoms with Gasteiger partial charge in [-0.1, -0.05) is 152 Å². The molecule has 0 bridgehead atoms. The molecule has 0 saturated carbocycles. The molecule has 1 aliphatic heterocycles. The number of benzene rings is 7. The van der Waals surface area contributed by atoms with Gasteiger partial charge in [0.05, 0.1) is 0 Å². The van der Waals surface area contributed by atoms with Crippen molar-refractivity contribution >= 4 is 33.2 Å². The SMILES string of the molecule is C1=CCC(c2cc(C3=NC(c4cc5cccc6c5c5c(cccc45)CC6)NC(c4ccc(-c5ccccc5)cc4)=N3)cc(-c3ccccc3)c2)C=C1. The second-order valence-electron chi connectivity index (χ2n) is 14.1. The van der Waals surface area contributed by atoms with Gasteiger partial charge >= 0.3 is 0 Å². The average Bonchev–Trinajstić information content (AvgIpc) is 3.23. The molecule has 0 fully saturated rings. The summed E-state index contributed by atoms with van der Waals surface area (Å²) in [5.74, 6) is 1.86. The molecule has 0 amide bonds. The molecular weight excluding hydrogens is 631 g/mol. The van der Waals surface area contributed by atoms with Crippen LogP contribution in [-0.2, 0) is 12.8 Å².